The maximum Gasteiger partial charge on any atom is 0.343 e. The molecular formula is C18H19BrO2. The first-order chi connectivity index (χ1) is 9.79. The van der Waals surface area contributed by atoms with Crippen LogP contribution < -0.4 is 4.74 Å². The zero-order valence-electron chi connectivity index (χ0n) is 12.7. The van der Waals surface area contributed by atoms with Gasteiger partial charge in [-0.05, 0) is 42.2 Å². The monoisotopic (exact) mass is 346 g/mol. The van der Waals surface area contributed by atoms with E-state index in [-0.39, 0.29) is 11.4 Å². The van der Waals surface area contributed by atoms with Crippen molar-refractivity contribution in [1.82, 2.24) is 0 Å². The van der Waals surface area contributed by atoms with Crippen molar-refractivity contribution in [3.05, 3.63) is 63.6 Å². The first-order valence-corrected chi connectivity index (χ1v) is 7.66. The fourth-order valence-electron chi connectivity index (χ4n) is 2.13. The van der Waals surface area contributed by atoms with Crippen molar-refractivity contribution in [2.45, 2.75) is 33.1 Å². The molecule has 0 aliphatic rings. The number of ether oxygens (including phenoxy) is 1. The number of carbonyl (C=O) groups is 1. The third kappa shape index (κ3) is 3.73. The summed E-state index contributed by atoms with van der Waals surface area (Å²) in [6.45, 7) is 8.20. The zero-order chi connectivity index (χ0) is 15.6. The van der Waals surface area contributed by atoms with Gasteiger partial charge in [-0.3, -0.25) is 0 Å². The number of halogens is 1. The highest BCUT2D eigenvalue weighted by Gasteiger charge is 2.21. The zero-order valence-corrected chi connectivity index (χ0v) is 14.3. The first kappa shape index (κ1) is 15.8. The molecule has 0 bridgehead atoms. The molecule has 0 aliphatic carbocycles. The van der Waals surface area contributed by atoms with E-state index in [1.165, 1.54) is 0 Å². The molecule has 0 radical (unpaired) electrons. The van der Waals surface area contributed by atoms with E-state index in [9.17, 15) is 4.79 Å². The maximum atomic E-state index is 12.4. The van der Waals surface area contributed by atoms with Gasteiger partial charge in [0.1, 0.15) is 5.75 Å². The van der Waals surface area contributed by atoms with E-state index < -0.39 is 0 Å². The molecule has 0 amide bonds. The Kier molecular flexibility index (Phi) is 4.52. The molecule has 0 saturated carbocycles. The van der Waals surface area contributed by atoms with Crippen LogP contribution in [-0.4, -0.2) is 5.97 Å². The van der Waals surface area contributed by atoms with Gasteiger partial charge in [0.15, 0.2) is 0 Å². The van der Waals surface area contributed by atoms with Gasteiger partial charge >= 0.3 is 5.97 Å². The molecule has 21 heavy (non-hydrogen) atoms. The molecule has 0 N–H and O–H groups in total. The fourth-order valence-corrected chi connectivity index (χ4v) is 2.50. The number of esters is 1. The molecule has 2 nitrogen and oxygen atoms in total. The first-order valence-electron chi connectivity index (χ1n) is 6.87. The predicted octanol–water partition coefficient (Wildman–Crippen LogP) is 5.27. The lowest BCUT2D eigenvalue weighted by molar-refractivity contribution is 0.0731. The molecule has 0 aromatic heterocycles. The Balaban J connectivity index is 2.36. The van der Waals surface area contributed by atoms with Crippen molar-refractivity contribution in [3.8, 4) is 5.75 Å². The van der Waals surface area contributed by atoms with Gasteiger partial charge < -0.3 is 4.74 Å². The summed E-state index contributed by atoms with van der Waals surface area (Å²) in [4.78, 5) is 12.4. The van der Waals surface area contributed by atoms with Crippen LogP contribution >= 0.6 is 15.9 Å². The summed E-state index contributed by atoms with van der Waals surface area (Å²) >= 11 is 3.47. The second-order valence-corrected chi connectivity index (χ2v) is 7.01. The molecule has 0 aliphatic heterocycles. The van der Waals surface area contributed by atoms with Crippen LogP contribution in [0.3, 0.4) is 0 Å². The van der Waals surface area contributed by atoms with Crippen LogP contribution in [0.4, 0.5) is 0 Å². The third-order valence-electron chi connectivity index (χ3n) is 3.32. The van der Waals surface area contributed by atoms with Crippen LogP contribution in [-0.2, 0) is 5.41 Å². The number of hydrogen-bond donors (Lipinski definition) is 0. The molecule has 0 saturated heterocycles. The highest BCUT2D eigenvalue weighted by Crippen LogP contribution is 2.34. The second kappa shape index (κ2) is 6.02. The third-order valence-corrected chi connectivity index (χ3v) is 3.81. The molecule has 3 heteroatoms. The van der Waals surface area contributed by atoms with Gasteiger partial charge in [-0.1, -0.05) is 54.9 Å². The van der Waals surface area contributed by atoms with Crippen molar-refractivity contribution in [2.75, 3.05) is 0 Å². The second-order valence-electron chi connectivity index (χ2n) is 6.09. The minimum absolute atomic E-state index is 0.106. The summed E-state index contributed by atoms with van der Waals surface area (Å²) in [5.74, 6) is 0.292. The van der Waals surface area contributed by atoms with E-state index >= 15 is 0 Å². The van der Waals surface area contributed by atoms with E-state index in [1.54, 1.807) is 6.07 Å². The summed E-state index contributed by atoms with van der Waals surface area (Å²) in [5, 5.41) is 0. The van der Waals surface area contributed by atoms with Crippen LogP contribution in [0, 0.1) is 6.92 Å². The lowest BCUT2D eigenvalue weighted by atomic mass is 9.86. The number of rotatable bonds is 2. The highest BCUT2D eigenvalue weighted by molar-refractivity contribution is 9.10. The average Bonchev–Trinajstić information content (AvgIpc) is 2.40. The van der Waals surface area contributed by atoms with E-state index in [4.69, 9.17) is 4.74 Å². The quantitative estimate of drug-likeness (QED) is 0.546. The lowest BCUT2D eigenvalue weighted by Gasteiger charge is -2.22. The Morgan fingerprint density at radius 2 is 1.76 bits per heavy atom. The van der Waals surface area contributed by atoms with E-state index in [0.29, 0.717) is 11.3 Å². The van der Waals surface area contributed by atoms with Crippen LogP contribution in [0.5, 0.6) is 5.75 Å². The smallest absolute Gasteiger partial charge is 0.343 e. The van der Waals surface area contributed by atoms with Crippen molar-refractivity contribution >= 4 is 21.9 Å². The molecule has 110 valence electrons. The van der Waals surface area contributed by atoms with E-state index in [2.05, 4.69) is 36.7 Å². The SMILES string of the molecule is Cc1ccccc1C(=O)Oc1ccc(Br)cc1C(C)(C)C. The van der Waals surface area contributed by atoms with Gasteiger partial charge in [-0.25, -0.2) is 4.79 Å². The number of aryl methyl sites for hydroxylation is 1. The van der Waals surface area contributed by atoms with Crippen LogP contribution in [0.15, 0.2) is 46.9 Å². The van der Waals surface area contributed by atoms with Gasteiger partial charge in [0, 0.05) is 10.0 Å². The molecule has 0 unspecified atom stereocenters. The highest BCUT2D eigenvalue weighted by atomic mass is 79.9. The van der Waals surface area contributed by atoms with Gasteiger partial charge in [0.2, 0.25) is 0 Å². The largest absolute Gasteiger partial charge is 0.423 e. The standard InChI is InChI=1S/C18H19BrO2/c1-12-7-5-6-8-14(12)17(20)21-16-10-9-13(19)11-15(16)18(2,3)4/h5-11H,1-4H3. The van der Waals surface area contributed by atoms with Gasteiger partial charge in [0.05, 0.1) is 5.56 Å². The number of benzene rings is 2. The minimum atomic E-state index is -0.319. The molecule has 0 spiro atoms. The predicted molar refractivity (Wildman–Crippen MR) is 89.0 cm³/mol. The van der Waals surface area contributed by atoms with Gasteiger partial charge in [-0.2, -0.15) is 0 Å². The molecule has 0 heterocycles. The topological polar surface area (TPSA) is 26.3 Å². The normalized spacial score (nSPS) is 11.3. The van der Waals surface area contributed by atoms with E-state index in [0.717, 1.165) is 15.6 Å². The Bertz CT molecular complexity index is 669. The minimum Gasteiger partial charge on any atom is -0.423 e. The molecule has 0 fully saturated rings. The molecule has 0 atom stereocenters. The number of hydrogen-bond acceptors (Lipinski definition) is 2. The van der Waals surface area contributed by atoms with Crippen molar-refractivity contribution in [3.63, 3.8) is 0 Å². The molecular weight excluding hydrogens is 328 g/mol. The summed E-state index contributed by atoms with van der Waals surface area (Å²) in [7, 11) is 0. The van der Waals surface area contributed by atoms with Crippen LogP contribution in [0.1, 0.15) is 42.3 Å². The van der Waals surface area contributed by atoms with Crippen molar-refractivity contribution in [1.29, 1.82) is 0 Å². The molecule has 2 rings (SSSR count). The van der Waals surface area contributed by atoms with Crippen LogP contribution in [0.25, 0.3) is 0 Å². The summed E-state index contributed by atoms with van der Waals surface area (Å²) in [5.41, 5.74) is 2.40. The van der Waals surface area contributed by atoms with Crippen molar-refractivity contribution < 1.29 is 9.53 Å². The average molecular weight is 347 g/mol. The summed E-state index contributed by atoms with van der Waals surface area (Å²) < 4.78 is 6.61. The molecule has 2 aromatic rings. The Morgan fingerprint density at radius 3 is 2.38 bits per heavy atom. The number of carbonyl (C=O) groups excluding carboxylic acids is 1. The molecule has 2 aromatic carbocycles. The van der Waals surface area contributed by atoms with Gasteiger partial charge in [0.25, 0.3) is 0 Å². The van der Waals surface area contributed by atoms with Crippen molar-refractivity contribution in [2.24, 2.45) is 0 Å². The summed E-state index contributed by atoms with van der Waals surface area (Å²) in [6, 6.07) is 13.2. The Morgan fingerprint density at radius 1 is 1.10 bits per heavy atom. The lowest BCUT2D eigenvalue weighted by Crippen LogP contribution is -2.17. The fraction of sp³-hybridized carbons (Fsp3) is 0.278. The Labute approximate surface area is 134 Å². The van der Waals surface area contributed by atoms with Crippen LogP contribution in [0.2, 0.25) is 0 Å². The van der Waals surface area contributed by atoms with E-state index in [1.807, 2.05) is 43.3 Å². The summed E-state index contributed by atoms with van der Waals surface area (Å²) in [6.07, 6.45) is 0. The van der Waals surface area contributed by atoms with Gasteiger partial charge in [-0.15, -0.1) is 0 Å². The maximum absolute atomic E-state index is 12.4. The Hall–Kier alpha value is -1.61.